The van der Waals surface area contributed by atoms with E-state index < -0.39 is 5.97 Å². The van der Waals surface area contributed by atoms with E-state index in [0.717, 1.165) is 24.5 Å². The average Bonchev–Trinajstić information content (AvgIpc) is 3.00. The molecule has 1 N–H and O–H groups in total. The summed E-state index contributed by atoms with van der Waals surface area (Å²) in [6.07, 6.45) is 0.987. The lowest BCUT2D eigenvalue weighted by molar-refractivity contribution is 0.0563. The third-order valence-corrected chi connectivity index (χ3v) is 2.84. The molecule has 0 aliphatic rings. The standard InChI is InChI=1S/C16H19NO4/c1-3-10-20-13-6-4-12(5-7-13)17-11-14-8-9-15(21-14)16(18)19-2/h4-9,17H,3,10-11H2,1-2H3. The second kappa shape index (κ2) is 7.38. The van der Waals surface area contributed by atoms with Crippen LogP contribution in [0.15, 0.2) is 40.8 Å². The summed E-state index contributed by atoms with van der Waals surface area (Å²) in [6.45, 7) is 3.28. The zero-order valence-electron chi connectivity index (χ0n) is 12.2. The molecule has 5 heteroatoms. The van der Waals surface area contributed by atoms with E-state index in [-0.39, 0.29) is 5.76 Å². The number of carbonyl (C=O) groups is 1. The monoisotopic (exact) mass is 289 g/mol. The molecule has 1 aromatic carbocycles. The van der Waals surface area contributed by atoms with Crippen LogP contribution in [0.25, 0.3) is 0 Å². The lowest BCUT2D eigenvalue weighted by Crippen LogP contribution is -2.00. The second-order valence-electron chi connectivity index (χ2n) is 4.48. The summed E-state index contributed by atoms with van der Waals surface area (Å²) >= 11 is 0. The normalized spacial score (nSPS) is 10.2. The summed E-state index contributed by atoms with van der Waals surface area (Å²) in [5.74, 6) is 1.26. The summed E-state index contributed by atoms with van der Waals surface area (Å²) in [6, 6.07) is 11.1. The average molecular weight is 289 g/mol. The van der Waals surface area contributed by atoms with E-state index in [1.807, 2.05) is 24.3 Å². The molecule has 0 spiro atoms. The zero-order valence-corrected chi connectivity index (χ0v) is 12.2. The number of anilines is 1. The topological polar surface area (TPSA) is 60.7 Å². The van der Waals surface area contributed by atoms with Crippen molar-refractivity contribution < 1.29 is 18.7 Å². The molecule has 1 heterocycles. The van der Waals surface area contributed by atoms with E-state index in [2.05, 4.69) is 17.0 Å². The minimum Gasteiger partial charge on any atom is -0.494 e. The molecule has 0 bridgehead atoms. The summed E-state index contributed by atoms with van der Waals surface area (Å²) in [7, 11) is 1.32. The van der Waals surface area contributed by atoms with Gasteiger partial charge in [-0.1, -0.05) is 6.92 Å². The van der Waals surface area contributed by atoms with Crippen molar-refractivity contribution >= 4 is 11.7 Å². The summed E-state index contributed by atoms with van der Waals surface area (Å²) in [5.41, 5.74) is 0.954. The molecule has 5 nitrogen and oxygen atoms in total. The first-order valence-corrected chi connectivity index (χ1v) is 6.86. The number of nitrogens with one attached hydrogen (secondary N) is 1. The Balaban J connectivity index is 1.87. The van der Waals surface area contributed by atoms with Crippen LogP contribution < -0.4 is 10.1 Å². The number of ether oxygens (including phenoxy) is 2. The molecule has 0 saturated carbocycles. The molecule has 0 amide bonds. The molecule has 1 aromatic heterocycles. The molecule has 0 aliphatic heterocycles. The van der Waals surface area contributed by atoms with Crippen LogP contribution in [0, 0.1) is 0 Å². The summed E-state index contributed by atoms with van der Waals surface area (Å²) in [5, 5.41) is 3.21. The van der Waals surface area contributed by atoms with Crippen LogP contribution in [0.4, 0.5) is 5.69 Å². The van der Waals surface area contributed by atoms with Crippen LogP contribution in [0.3, 0.4) is 0 Å². The maximum absolute atomic E-state index is 11.3. The lowest BCUT2D eigenvalue weighted by atomic mass is 10.3. The van der Waals surface area contributed by atoms with Crippen molar-refractivity contribution in [3.8, 4) is 5.75 Å². The molecule has 21 heavy (non-hydrogen) atoms. The smallest absolute Gasteiger partial charge is 0.373 e. The Morgan fingerprint density at radius 2 is 1.95 bits per heavy atom. The van der Waals surface area contributed by atoms with E-state index in [0.29, 0.717) is 12.3 Å². The van der Waals surface area contributed by atoms with Gasteiger partial charge < -0.3 is 19.2 Å². The molecular formula is C16H19NO4. The van der Waals surface area contributed by atoms with Crippen LogP contribution >= 0.6 is 0 Å². The van der Waals surface area contributed by atoms with Crippen molar-refractivity contribution in [2.75, 3.05) is 19.0 Å². The number of hydrogen-bond donors (Lipinski definition) is 1. The van der Waals surface area contributed by atoms with Gasteiger partial charge in [0.1, 0.15) is 11.5 Å². The summed E-state index contributed by atoms with van der Waals surface area (Å²) < 4.78 is 15.5. The van der Waals surface area contributed by atoms with Gasteiger partial charge in [-0.2, -0.15) is 0 Å². The van der Waals surface area contributed by atoms with Crippen molar-refractivity contribution in [3.63, 3.8) is 0 Å². The van der Waals surface area contributed by atoms with Crippen LogP contribution in [-0.2, 0) is 11.3 Å². The number of methoxy groups -OCH3 is 1. The molecule has 0 atom stereocenters. The number of rotatable bonds is 7. The lowest BCUT2D eigenvalue weighted by Gasteiger charge is -2.07. The van der Waals surface area contributed by atoms with Crippen LogP contribution in [-0.4, -0.2) is 19.7 Å². The fourth-order valence-electron chi connectivity index (χ4n) is 1.76. The minimum absolute atomic E-state index is 0.206. The largest absolute Gasteiger partial charge is 0.494 e. The van der Waals surface area contributed by atoms with Crippen molar-refractivity contribution in [1.29, 1.82) is 0 Å². The first-order valence-electron chi connectivity index (χ1n) is 6.86. The van der Waals surface area contributed by atoms with Crippen LogP contribution in [0.2, 0.25) is 0 Å². The van der Waals surface area contributed by atoms with E-state index in [1.165, 1.54) is 7.11 Å². The first kappa shape index (κ1) is 15.0. The Kier molecular flexibility index (Phi) is 5.26. The Morgan fingerprint density at radius 3 is 2.62 bits per heavy atom. The van der Waals surface area contributed by atoms with Gasteiger partial charge in [0.15, 0.2) is 0 Å². The number of carbonyl (C=O) groups excluding carboxylic acids is 1. The quantitative estimate of drug-likeness (QED) is 0.791. The van der Waals surface area contributed by atoms with Crippen molar-refractivity contribution in [2.45, 2.75) is 19.9 Å². The number of furan rings is 1. The Bertz CT molecular complexity index is 574. The first-order chi connectivity index (χ1) is 10.2. The van der Waals surface area contributed by atoms with Gasteiger partial charge in [-0.05, 0) is 42.8 Å². The molecule has 0 fully saturated rings. The highest BCUT2D eigenvalue weighted by molar-refractivity contribution is 5.86. The third-order valence-electron chi connectivity index (χ3n) is 2.84. The molecule has 0 saturated heterocycles. The van der Waals surface area contributed by atoms with Crippen molar-refractivity contribution in [2.24, 2.45) is 0 Å². The highest BCUT2D eigenvalue weighted by Gasteiger charge is 2.10. The van der Waals surface area contributed by atoms with Gasteiger partial charge in [-0.15, -0.1) is 0 Å². The predicted molar refractivity (Wildman–Crippen MR) is 79.6 cm³/mol. The van der Waals surface area contributed by atoms with Gasteiger partial charge >= 0.3 is 5.97 Å². The molecule has 0 aliphatic carbocycles. The second-order valence-corrected chi connectivity index (χ2v) is 4.48. The maximum atomic E-state index is 11.3. The van der Waals surface area contributed by atoms with Crippen molar-refractivity contribution in [3.05, 3.63) is 47.9 Å². The fraction of sp³-hybridized carbons (Fsp3) is 0.312. The van der Waals surface area contributed by atoms with Gasteiger partial charge in [-0.25, -0.2) is 4.79 Å². The molecule has 0 unspecified atom stereocenters. The van der Waals surface area contributed by atoms with E-state index >= 15 is 0 Å². The molecule has 2 rings (SSSR count). The highest BCUT2D eigenvalue weighted by atomic mass is 16.5. The predicted octanol–water partition coefficient (Wildman–Crippen LogP) is 3.47. The number of esters is 1. The van der Waals surface area contributed by atoms with Gasteiger partial charge in [0.05, 0.1) is 20.3 Å². The maximum Gasteiger partial charge on any atom is 0.373 e. The van der Waals surface area contributed by atoms with E-state index in [4.69, 9.17) is 9.15 Å². The van der Waals surface area contributed by atoms with Crippen LogP contribution in [0.1, 0.15) is 29.7 Å². The van der Waals surface area contributed by atoms with Gasteiger partial charge in [0.25, 0.3) is 0 Å². The van der Waals surface area contributed by atoms with Gasteiger partial charge in [-0.3, -0.25) is 0 Å². The SMILES string of the molecule is CCCOc1ccc(NCc2ccc(C(=O)OC)o2)cc1. The highest BCUT2D eigenvalue weighted by Crippen LogP contribution is 2.17. The Hall–Kier alpha value is -2.43. The minimum atomic E-state index is -0.473. The molecule has 2 aromatic rings. The molecule has 0 radical (unpaired) electrons. The van der Waals surface area contributed by atoms with Gasteiger partial charge in [0.2, 0.25) is 5.76 Å². The van der Waals surface area contributed by atoms with Gasteiger partial charge in [0, 0.05) is 5.69 Å². The summed E-state index contributed by atoms with van der Waals surface area (Å²) in [4.78, 5) is 11.3. The van der Waals surface area contributed by atoms with E-state index in [1.54, 1.807) is 12.1 Å². The van der Waals surface area contributed by atoms with E-state index in [9.17, 15) is 4.79 Å². The van der Waals surface area contributed by atoms with Crippen molar-refractivity contribution in [1.82, 2.24) is 0 Å². The molecule has 112 valence electrons. The fourth-order valence-corrected chi connectivity index (χ4v) is 1.76. The van der Waals surface area contributed by atoms with Crippen LogP contribution in [0.5, 0.6) is 5.75 Å². The Labute approximate surface area is 123 Å². The third kappa shape index (κ3) is 4.27. The Morgan fingerprint density at radius 1 is 1.19 bits per heavy atom. The number of benzene rings is 1. The zero-order chi connectivity index (χ0) is 15.1. The number of hydrogen-bond acceptors (Lipinski definition) is 5. The molecular weight excluding hydrogens is 270 g/mol.